The zero-order valence-electron chi connectivity index (χ0n) is 13.7. The number of likely N-dealkylation sites (N-methyl/N-ethyl adjacent to an activating group) is 1. The summed E-state index contributed by atoms with van der Waals surface area (Å²) in [6.07, 6.45) is 1.14. The maximum Gasteiger partial charge on any atom is 0.123 e. The number of hydrogen-bond acceptors (Lipinski definition) is 3. The Kier molecular flexibility index (Phi) is 7.03. The van der Waals surface area contributed by atoms with E-state index in [-0.39, 0.29) is 5.54 Å². The molecule has 0 aliphatic heterocycles. The van der Waals surface area contributed by atoms with Gasteiger partial charge in [0.15, 0.2) is 0 Å². The Labute approximate surface area is 124 Å². The summed E-state index contributed by atoms with van der Waals surface area (Å²) in [7, 11) is 2.16. The molecule has 0 radical (unpaired) electrons. The second-order valence-corrected chi connectivity index (χ2v) is 5.82. The van der Waals surface area contributed by atoms with Crippen molar-refractivity contribution in [2.75, 3.05) is 26.7 Å². The van der Waals surface area contributed by atoms with Gasteiger partial charge in [-0.05, 0) is 39.9 Å². The van der Waals surface area contributed by atoms with Crippen molar-refractivity contribution in [2.45, 2.75) is 46.2 Å². The van der Waals surface area contributed by atoms with Crippen LogP contribution in [0.15, 0.2) is 24.3 Å². The summed E-state index contributed by atoms with van der Waals surface area (Å²) in [6.45, 7) is 12.4. The molecule has 0 unspecified atom stereocenters. The molecule has 0 fully saturated rings. The molecule has 0 saturated carbocycles. The number of para-hydroxylation sites is 1. The SMILES string of the molecule is CCNCc1ccccc1OCCN(C)C(C)(C)CC. The fourth-order valence-corrected chi connectivity index (χ4v) is 1.92. The fourth-order valence-electron chi connectivity index (χ4n) is 1.92. The lowest BCUT2D eigenvalue weighted by Gasteiger charge is -2.34. The van der Waals surface area contributed by atoms with Gasteiger partial charge in [-0.3, -0.25) is 4.90 Å². The van der Waals surface area contributed by atoms with E-state index in [2.05, 4.69) is 63.2 Å². The van der Waals surface area contributed by atoms with Crippen LogP contribution in [0.1, 0.15) is 39.7 Å². The minimum atomic E-state index is 0.229. The average Bonchev–Trinajstić information content (AvgIpc) is 2.46. The van der Waals surface area contributed by atoms with Gasteiger partial charge in [0.2, 0.25) is 0 Å². The third-order valence-electron chi connectivity index (χ3n) is 4.12. The standard InChI is InChI=1S/C17H30N2O/c1-6-17(3,4)19(5)12-13-20-16-11-9-8-10-15(16)14-18-7-2/h8-11,18H,6-7,12-14H2,1-5H3. The van der Waals surface area contributed by atoms with Gasteiger partial charge >= 0.3 is 0 Å². The molecule has 0 bridgehead atoms. The Balaban J connectivity index is 2.49. The van der Waals surface area contributed by atoms with Crippen LogP contribution in [0.2, 0.25) is 0 Å². The fraction of sp³-hybridized carbons (Fsp3) is 0.647. The maximum absolute atomic E-state index is 5.96. The zero-order chi connectivity index (χ0) is 15.0. The van der Waals surface area contributed by atoms with Crippen LogP contribution in [0.25, 0.3) is 0 Å². The normalized spacial score (nSPS) is 11.9. The lowest BCUT2D eigenvalue weighted by atomic mass is 10.0. The van der Waals surface area contributed by atoms with Crippen molar-refractivity contribution in [1.29, 1.82) is 0 Å². The molecule has 1 aromatic carbocycles. The van der Waals surface area contributed by atoms with Crippen LogP contribution in [-0.2, 0) is 6.54 Å². The predicted molar refractivity (Wildman–Crippen MR) is 86.3 cm³/mol. The average molecular weight is 278 g/mol. The van der Waals surface area contributed by atoms with Gasteiger partial charge in [0.05, 0.1) is 0 Å². The molecule has 1 N–H and O–H groups in total. The van der Waals surface area contributed by atoms with E-state index < -0.39 is 0 Å². The number of ether oxygens (including phenoxy) is 1. The molecule has 0 saturated heterocycles. The van der Waals surface area contributed by atoms with E-state index in [4.69, 9.17) is 4.74 Å². The molecular formula is C17H30N2O. The molecular weight excluding hydrogens is 248 g/mol. The van der Waals surface area contributed by atoms with E-state index in [1.54, 1.807) is 0 Å². The topological polar surface area (TPSA) is 24.5 Å². The van der Waals surface area contributed by atoms with Crippen molar-refractivity contribution >= 4 is 0 Å². The zero-order valence-corrected chi connectivity index (χ0v) is 13.7. The monoisotopic (exact) mass is 278 g/mol. The summed E-state index contributed by atoms with van der Waals surface area (Å²) in [5.74, 6) is 0.996. The largest absolute Gasteiger partial charge is 0.492 e. The van der Waals surface area contributed by atoms with Crippen molar-refractivity contribution in [3.63, 3.8) is 0 Å². The smallest absolute Gasteiger partial charge is 0.123 e. The highest BCUT2D eigenvalue weighted by molar-refractivity contribution is 5.33. The van der Waals surface area contributed by atoms with E-state index in [9.17, 15) is 0 Å². The molecule has 3 nitrogen and oxygen atoms in total. The number of rotatable bonds is 9. The molecule has 0 spiro atoms. The molecule has 114 valence electrons. The third-order valence-corrected chi connectivity index (χ3v) is 4.12. The minimum absolute atomic E-state index is 0.229. The van der Waals surface area contributed by atoms with Crippen molar-refractivity contribution in [2.24, 2.45) is 0 Å². The van der Waals surface area contributed by atoms with Crippen molar-refractivity contribution in [3.05, 3.63) is 29.8 Å². The third kappa shape index (κ3) is 5.14. The van der Waals surface area contributed by atoms with E-state index in [0.29, 0.717) is 0 Å². The van der Waals surface area contributed by atoms with Gasteiger partial charge in [-0.25, -0.2) is 0 Å². The van der Waals surface area contributed by atoms with Crippen LogP contribution in [0.4, 0.5) is 0 Å². The Hall–Kier alpha value is -1.06. The lowest BCUT2D eigenvalue weighted by molar-refractivity contribution is 0.125. The summed E-state index contributed by atoms with van der Waals surface area (Å²) >= 11 is 0. The summed E-state index contributed by atoms with van der Waals surface area (Å²) < 4.78 is 5.96. The predicted octanol–water partition coefficient (Wildman–Crippen LogP) is 3.30. The van der Waals surface area contributed by atoms with Crippen molar-refractivity contribution in [1.82, 2.24) is 10.2 Å². The van der Waals surface area contributed by atoms with Crippen LogP contribution >= 0.6 is 0 Å². The molecule has 0 heterocycles. The van der Waals surface area contributed by atoms with Crippen molar-refractivity contribution < 1.29 is 4.74 Å². The van der Waals surface area contributed by atoms with Gasteiger partial charge in [0, 0.05) is 24.2 Å². The van der Waals surface area contributed by atoms with Gasteiger partial charge < -0.3 is 10.1 Å². The molecule has 0 aliphatic rings. The summed E-state index contributed by atoms with van der Waals surface area (Å²) in [6, 6.07) is 8.27. The van der Waals surface area contributed by atoms with Crippen LogP contribution < -0.4 is 10.1 Å². The summed E-state index contributed by atoms with van der Waals surface area (Å²) in [5, 5.41) is 3.35. The first kappa shape index (κ1) is 17.0. The van der Waals surface area contributed by atoms with Crippen LogP contribution in [0.5, 0.6) is 5.75 Å². The number of hydrogen-bond donors (Lipinski definition) is 1. The number of nitrogens with zero attached hydrogens (tertiary/aromatic N) is 1. The van der Waals surface area contributed by atoms with E-state index >= 15 is 0 Å². The molecule has 1 rings (SSSR count). The van der Waals surface area contributed by atoms with Crippen molar-refractivity contribution in [3.8, 4) is 5.75 Å². The second-order valence-electron chi connectivity index (χ2n) is 5.82. The quantitative estimate of drug-likeness (QED) is 0.750. The van der Waals surface area contributed by atoms with Gasteiger partial charge in [0.1, 0.15) is 12.4 Å². The van der Waals surface area contributed by atoms with Crippen LogP contribution in [0.3, 0.4) is 0 Å². The first-order chi connectivity index (χ1) is 9.51. The second kappa shape index (κ2) is 8.28. The first-order valence-corrected chi connectivity index (χ1v) is 7.64. The molecule has 20 heavy (non-hydrogen) atoms. The highest BCUT2D eigenvalue weighted by Gasteiger charge is 2.20. The van der Waals surface area contributed by atoms with E-state index in [1.165, 1.54) is 5.56 Å². The Morgan fingerprint density at radius 3 is 2.55 bits per heavy atom. The molecule has 3 heteroatoms. The highest BCUT2D eigenvalue weighted by atomic mass is 16.5. The summed E-state index contributed by atoms with van der Waals surface area (Å²) in [5.41, 5.74) is 1.46. The Bertz CT molecular complexity index is 390. The van der Waals surface area contributed by atoms with E-state index in [1.807, 2.05) is 6.07 Å². The maximum atomic E-state index is 5.96. The number of benzene rings is 1. The minimum Gasteiger partial charge on any atom is -0.492 e. The van der Waals surface area contributed by atoms with E-state index in [0.717, 1.165) is 38.4 Å². The van der Waals surface area contributed by atoms with Gasteiger partial charge in [0.25, 0.3) is 0 Å². The van der Waals surface area contributed by atoms with Gasteiger partial charge in [-0.1, -0.05) is 32.0 Å². The highest BCUT2D eigenvalue weighted by Crippen LogP contribution is 2.19. The van der Waals surface area contributed by atoms with Gasteiger partial charge in [-0.15, -0.1) is 0 Å². The Morgan fingerprint density at radius 2 is 1.90 bits per heavy atom. The van der Waals surface area contributed by atoms with Crippen LogP contribution in [-0.4, -0.2) is 37.2 Å². The molecule has 0 amide bonds. The lowest BCUT2D eigenvalue weighted by Crippen LogP contribution is -2.42. The summed E-state index contributed by atoms with van der Waals surface area (Å²) in [4.78, 5) is 2.36. The first-order valence-electron chi connectivity index (χ1n) is 7.64. The Morgan fingerprint density at radius 1 is 1.20 bits per heavy atom. The molecule has 1 aromatic rings. The van der Waals surface area contributed by atoms with Crippen LogP contribution in [0, 0.1) is 0 Å². The molecule has 0 aromatic heterocycles. The number of nitrogens with one attached hydrogen (secondary N) is 1. The molecule has 0 aliphatic carbocycles. The van der Waals surface area contributed by atoms with Gasteiger partial charge in [-0.2, -0.15) is 0 Å². The molecule has 0 atom stereocenters.